The minimum atomic E-state index is -0.983. The summed E-state index contributed by atoms with van der Waals surface area (Å²) in [5, 5.41) is 15.3. The fraction of sp³-hybridized carbons (Fsp3) is 0. The lowest BCUT2D eigenvalue weighted by Gasteiger charge is -2.10. The van der Waals surface area contributed by atoms with Crippen LogP contribution in [-0.2, 0) is 0 Å². The second-order valence-corrected chi connectivity index (χ2v) is 5.35. The summed E-state index contributed by atoms with van der Waals surface area (Å²) in [4.78, 5) is 10.9. The molecule has 4 N–H and O–H groups in total. The Kier molecular flexibility index (Phi) is 3.04. The number of nitrogens with two attached hydrogens (primary N) is 1. The molecule has 4 nitrogen and oxygen atoms in total. The van der Waals surface area contributed by atoms with E-state index in [2.05, 4.69) is 11.4 Å². The maximum absolute atomic E-state index is 10.9. The number of hydrogen-bond donors (Lipinski definition) is 3. The Balaban J connectivity index is 1.92. The van der Waals surface area contributed by atoms with Gasteiger partial charge < -0.3 is 16.2 Å². The lowest BCUT2D eigenvalue weighted by Crippen LogP contribution is -2.01. The molecule has 0 saturated carbocycles. The van der Waals surface area contributed by atoms with Crippen molar-refractivity contribution >= 4 is 44.5 Å². The van der Waals surface area contributed by atoms with Gasteiger partial charge in [-0.2, -0.15) is 0 Å². The topological polar surface area (TPSA) is 75.4 Å². The molecule has 20 heavy (non-hydrogen) atoms. The Bertz CT molecular complexity index is 795. The van der Waals surface area contributed by atoms with Crippen LogP contribution in [0.2, 0.25) is 0 Å². The number of nitrogen functional groups attached to an aromatic ring is 1. The molecule has 100 valence electrons. The molecule has 0 fully saturated rings. The first-order valence-electron chi connectivity index (χ1n) is 6.00. The fourth-order valence-electron chi connectivity index (χ4n) is 2.01. The van der Waals surface area contributed by atoms with E-state index in [0.29, 0.717) is 11.4 Å². The van der Waals surface area contributed by atoms with Crippen molar-refractivity contribution in [1.29, 1.82) is 0 Å². The molecule has 3 aromatic rings. The van der Waals surface area contributed by atoms with Gasteiger partial charge >= 0.3 is 5.97 Å². The third-order valence-electron chi connectivity index (χ3n) is 3.03. The van der Waals surface area contributed by atoms with Crippen LogP contribution in [0, 0.1) is 0 Å². The Morgan fingerprint density at radius 2 is 2.00 bits per heavy atom. The highest BCUT2D eigenvalue weighted by Gasteiger charge is 2.07. The summed E-state index contributed by atoms with van der Waals surface area (Å²) < 4.78 is 1.23. The highest BCUT2D eigenvalue weighted by Crippen LogP contribution is 2.28. The second-order valence-electron chi connectivity index (χ2n) is 4.41. The van der Waals surface area contributed by atoms with Gasteiger partial charge in [0.1, 0.15) is 0 Å². The number of rotatable bonds is 3. The van der Waals surface area contributed by atoms with E-state index in [9.17, 15) is 4.79 Å². The van der Waals surface area contributed by atoms with Crippen molar-refractivity contribution in [2.45, 2.75) is 0 Å². The minimum absolute atomic E-state index is 0.182. The number of carbonyl (C=O) groups is 1. The van der Waals surface area contributed by atoms with Crippen LogP contribution in [0.5, 0.6) is 0 Å². The Labute approximate surface area is 119 Å². The van der Waals surface area contributed by atoms with Gasteiger partial charge in [0.2, 0.25) is 0 Å². The van der Waals surface area contributed by atoms with E-state index in [1.807, 2.05) is 23.6 Å². The van der Waals surface area contributed by atoms with Crippen LogP contribution < -0.4 is 11.1 Å². The quantitative estimate of drug-likeness (QED) is 0.637. The summed E-state index contributed by atoms with van der Waals surface area (Å²) in [7, 11) is 0. The number of nitrogens with one attached hydrogen (secondary N) is 1. The van der Waals surface area contributed by atoms with E-state index in [1.54, 1.807) is 17.4 Å². The predicted octanol–water partition coefficient (Wildman–Crippen LogP) is 3.93. The maximum Gasteiger partial charge on any atom is 0.335 e. The maximum atomic E-state index is 10.9. The summed E-state index contributed by atoms with van der Waals surface area (Å²) in [6.45, 7) is 0. The standard InChI is InChI=1S/C15H12N2O2S/c16-12-8-10(15(18)19)1-3-13(12)17-11-2-4-14-9(7-11)5-6-20-14/h1-8,17H,16H2,(H,18,19). The lowest BCUT2D eigenvalue weighted by atomic mass is 10.1. The SMILES string of the molecule is Nc1cc(C(=O)O)ccc1Nc1ccc2sccc2c1. The second kappa shape index (κ2) is 4.86. The number of fused-ring (bicyclic) bond motifs is 1. The lowest BCUT2D eigenvalue weighted by molar-refractivity contribution is 0.0697. The highest BCUT2D eigenvalue weighted by molar-refractivity contribution is 7.17. The number of benzene rings is 2. The van der Waals surface area contributed by atoms with Crippen molar-refractivity contribution in [3.8, 4) is 0 Å². The molecule has 3 rings (SSSR count). The molecule has 0 radical (unpaired) electrons. The van der Waals surface area contributed by atoms with Gasteiger partial charge in [0.15, 0.2) is 0 Å². The first-order chi connectivity index (χ1) is 9.63. The normalized spacial score (nSPS) is 10.6. The van der Waals surface area contributed by atoms with Crippen LogP contribution in [0.1, 0.15) is 10.4 Å². The smallest absolute Gasteiger partial charge is 0.335 e. The molecule has 1 heterocycles. The van der Waals surface area contributed by atoms with Gasteiger partial charge in [-0.3, -0.25) is 0 Å². The van der Waals surface area contributed by atoms with Crippen LogP contribution in [-0.4, -0.2) is 11.1 Å². The van der Waals surface area contributed by atoms with E-state index >= 15 is 0 Å². The van der Waals surface area contributed by atoms with Crippen molar-refractivity contribution in [3.63, 3.8) is 0 Å². The van der Waals surface area contributed by atoms with E-state index in [-0.39, 0.29) is 5.56 Å². The van der Waals surface area contributed by atoms with E-state index in [4.69, 9.17) is 10.8 Å². The molecule has 1 aromatic heterocycles. The molecular weight excluding hydrogens is 272 g/mol. The number of hydrogen-bond acceptors (Lipinski definition) is 4. The highest BCUT2D eigenvalue weighted by atomic mass is 32.1. The Morgan fingerprint density at radius 3 is 2.75 bits per heavy atom. The van der Waals surface area contributed by atoms with Crippen molar-refractivity contribution in [1.82, 2.24) is 0 Å². The van der Waals surface area contributed by atoms with Crippen LogP contribution in [0.4, 0.5) is 17.1 Å². The molecule has 0 aliphatic rings. The minimum Gasteiger partial charge on any atom is -0.478 e. The van der Waals surface area contributed by atoms with Crippen LogP contribution in [0.3, 0.4) is 0 Å². The monoisotopic (exact) mass is 284 g/mol. The molecule has 2 aromatic carbocycles. The van der Waals surface area contributed by atoms with Gasteiger partial charge in [0.25, 0.3) is 0 Å². The third-order valence-corrected chi connectivity index (χ3v) is 3.93. The summed E-state index contributed by atoms with van der Waals surface area (Å²) in [5.74, 6) is -0.983. The summed E-state index contributed by atoms with van der Waals surface area (Å²) in [6.07, 6.45) is 0. The van der Waals surface area contributed by atoms with Crippen molar-refractivity contribution in [3.05, 3.63) is 53.4 Å². The third kappa shape index (κ3) is 2.31. The van der Waals surface area contributed by atoms with E-state index in [0.717, 1.165) is 5.69 Å². The number of carboxylic acid groups (broad SMARTS) is 1. The van der Waals surface area contributed by atoms with E-state index in [1.165, 1.54) is 22.2 Å². The van der Waals surface area contributed by atoms with Gasteiger partial charge in [-0.1, -0.05) is 0 Å². The molecule has 0 amide bonds. The van der Waals surface area contributed by atoms with E-state index < -0.39 is 5.97 Å². The van der Waals surface area contributed by atoms with Crippen molar-refractivity contribution in [2.75, 3.05) is 11.1 Å². The average molecular weight is 284 g/mol. The number of thiophene rings is 1. The predicted molar refractivity (Wildman–Crippen MR) is 82.9 cm³/mol. The largest absolute Gasteiger partial charge is 0.478 e. The average Bonchev–Trinajstić information content (AvgIpc) is 2.88. The zero-order valence-corrected chi connectivity index (χ0v) is 11.3. The summed E-state index contributed by atoms with van der Waals surface area (Å²) in [6, 6.07) is 12.8. The number of carboxylic acids is 1. The molecular formula is C15H12N2O2S. The van der Waals surface area contributed by atoms with Crippen LogP contribution in [0.25, 0.3) is 10.1 Å². The number of anilines is 3. The molecule has 0 unspecified atom stereocenters. The van der Waals surface area contributed by atoms with Crippen molar-refractivity contribution < 1.29 is 9.90 Å². The Hall–Kier alpha value is -2.53. The molecule has 0 atom stereocenters. The fourth-order valence-corrected chi connectivity index (χ4v) is 2.78. The van der Waals surface area contributed by atoms with Gasteiger partial charge in [-0.15, -0.1) is 11.3 Å². The molecule has 0 saturated heterocycles. The number of aromatic carboxylic acids is 1. The van der Waals surface area contributed by atoms with Gasteiger partial charge in [-0.05, 0) is 53.2 Å². The van der Waals surface area contributed by atoms with Gasteiger partial charge in [0.05, 0.1) is 16.9 Å². The first kappa shape index (κ1) is 12.5. The zero-order chi connectivity index (χ0) is 14.1. The molecule has 5 heteroatoms. The zero-order valence-electron chi connectivity index (χ0n) is 10.5. The van der Waals surface area contributed by atoms with Crippen molar-refractivity contribution in [2.24, 2.45) is 0 Å². The Morgan fingerprint density at radius 1 is 1.15 bits per heavy atom. The van der Waals surface area contributed by atoms with Gasteiger partial charge in [-0.25, -0.2) is 4.79 Å². The molecule has 0 aliphatic heterocycles. The first-order valence-corrected chi connectivity index (χ1v) is 6.88. The van der Waals surface area contributed by atoms with Crippen LogP contribution in [0.15, 0.2) is 47.8 Å². The summed E-state index contributed by atoms with van der Waals surface area (Å²) >= 11 is 1.69. The van der Waals surface area contributed by atoms with Crippen LogP contribution >= 0.6 is 11.3 Å². The molecule has 0 spiro atoms. The molecule has 0 bridgehead atoms. The molecule has 0 aliphatic carbocycles. The summed E-state index contributed by atoms with van der Waals surface area (Å²) in [5.41, 5.74) is 8.09. The van der Waals surface area contributed by atoms with Gasteiger partial charge in [0, 0.05) is 10.4 Å².